The molecule has 0 amide bonds. The highest BCUT2D eigenvalue weighted by atomic mass is 15.3. The smallest absolute Gasteiger partial charge is 0.184 e. The van der Waals surface area contributed by atoms with Crippen molar-refractivity contribution in [1.82, 2.24) is 34.6 Å². The van der Waals surface area contributed by atoms with Crippen molar-refractivity contribution in [3.05, 3.63) is 90.4 Å². The van der Waals surface area contributed by atoms with Gasteiger partial charge in [0, 0.05) is 37.9 Å². The molecular formula is C21H19N7. The summed E-state index contributed by atoms with van der Waals surface area (Å²) in [7, 11) is 0. The van der Waals surface area contributed by atoms with Crippen LogP contribution in [0.2, 0.25) is 0 Å². The maximum Gasteiger partial charge on any atom is 0.184 e. The second kappa shape index (κ2) is 7.28. The van der Waals surface area contributed by atoms with Crippen LogP contribution in [0.15, 0.2) is 73.4 Å². The topological polar surface area (TPSA) is 72.6 Å². The van der Waals surface area contributed by atoms with Gasteiger partial charge in [0.15, 0.2) is 5.82 Å². The number of nitrogens with zero attached hydrogens (tertiary/aromatic N) is 7. The van der Waals surface area contributed by atoms with E-state index in [-0.39, 0.29) is 6.04 Å². The SMILES string of the molecule is c1ccc(C(c2cccnc2)N2CCn3c(nnc3-c3cnccn3)C2)cc1. The van der Waals surface area contributed by atoms with E-state index in [1.165, 1.54) is 11.1 Å². The Bertz CT molecular complexity index is 1010. The predicted molar refractivity (Wildman–Crippen MR) is 104 cm³/mol. The molecule has 5 rings (SSSR count). The highest BCUT2D eigenvalue weighted by Crippen LogP contribution is 2.31. The second-order valence-corrected chi connectivity index (χ2v) is 6.75. The van der Waals surface area contributed by atoms with Gasteiger partial charge in [-0.2, -0.15) is 0 Å². The molecule has 1 aromatic carbocycles. The summed E-state index contributed by atoms with van der Waals surface area (Å²) in [5, 5.41) is 8.82. The molecule has 3 aromatic heterocycles. The van der Waals surface area contributed by atoms with Crippen molar-refractivity contribution in [2.75, 3.05) is 6.54 Å². The minimum Gasteiger partial charge on any atom is -0.307 e. The van der Waals surface area contributed by atoms with Crippen molar-refractivity contribution < 1.29 is 0 Å². The predicted octanol–water partition coefficient (Wildman–Crippen LogP) is 2.74. The molecule has 0 aliphatic carbocycles. The largest absolute Gasteiger partial charge is 0.307 e. The summed E-state index contributed by atoms with van der Waals surface area (Å²) in [6.45, 7) is 2.40. The van der Waals surface area contributed by atoms with Gasteiger partial charge in [-0.15, -0.1) is 10.2 Å². The number of fused-ring (bicyclic) bond motifs is 1. The lowest BCUT2D eigenvalue weighted by atomic mass is 9.98. The first kappa shape index (κ1) is 16.7. The molecule has 1 aliphatic heterocycles. The quantitative estimate of drug-likeness (QED) is 0.551. The van der Waals surface area contributed by atoms with Crippen LogP contribution in [-0.2, 0) is 13.1 Å². The lowest BCUT2D eigenvalue weighted by Crippen LogP contribution is -2.37. The molecule has 0 bridgehead atoms. The Balaban J connectivity index is 1.49. The van der Waals surface area contributed by atoms with Crippen molar-refractivity contribution in [3.8, 4) is 11.5 Å². The number of benzene rings is 1. The summed E-state index contributed by atoms with van der Waals surface area (Å²) in [5.74, 6) is 1.72. The van der Waals surface area contributed by atoms with Crippen LogP contribution in [0, 0.1) is 0 Å². The zero-order valence-corrected chi connectivity index (χ0v) is 15.3. The molecule has 0 N–H and O–H groups in total. The lowest BCUT2D eigenvalue weighted by Gasteiger charge is -2.35. The molecule has 1 aliphatic rings. The fourth-order valence-corrected chi connectivity index (χ4v) is 3.79. The van der Waals surface area contributed by atoms with Crippen LogP contribution >= 0.6 is 0 Å². The van der Waals surface area contributed by atoms with Crippen LogP contribution in [-0.4, -0.2) is 41.2 Å². The Morgan fingerprint density at radius 1 is 0.786 bits per heavy atom. The van der Waals surface area contributed by atoms with Crippen LogP contribution < -0.4 is 0 Å². The van der Waals surface area contributed by atoms with E-state index < -0.39 is 0 Å². The minimum absolute atomic E-state index is 0.125. The Kier molecular flexibility index (Phi) is 4.34. The molecule has 4 aromatic rings. The molecule has 1 atom stereocenters. The highest BCUT2D eigenvalue weighted by Gasteiger charge is 2.29. The van der Waals surface area contributed by atoms with E-state index in [4.69, 9.17) is 0 Å². The fourth-order valence-electron chi connectivity index (χ4n) is 3.79. The molecule has 0 saturated heterocycles. The average molecular weight is 369 g/mol. The molecule has 0 fully saturated rings. The third kappa shape index (κ3) is 3.05. The van der Waals surface area contributed by atoms with Gasteiger partial charge in [0.1, 0.15) is 11.5 Å². The monoisotopic (exact) mass is 369 g/mol. The van der Waals surface area contributed by atoms with Gasteiger partial charge < -0.3 is 4.57 Å². The number of hydrogen-bond acceptors (Lipinski definition) is 6. The van der Waals surface area contributed by atoms with Gasteiger partial charge in [-0.3, -0.25) is 14.9 Å². The summed E-state index contributed by atoms with van der Waals surface area (Å²) in [6, 6.07) is 14.8. The van der Waals surface area contributed by atoms with Gasteiger partial charge in [0.25, 0.3) is 0 Å². The normalized spacial score (nSPS) is 15.1. The summed E-state index contributed by atoms with van der Waals surface area (Å²) in [4.78, 5) is 15.3. The van der Waals surface area contributed by atoms with Crippen LogP contribution in [0.1, 0.15) is 23.0 Å². The molecule has 28 heavy (non-hydrogen) atoms. The van der Waals surface area contributed by atoms with E-state index in [0.29, 0.717) is 6.54 Å². The maximum atomic E-state index is 4.44. The maximum absolute atomic E-state index is 4.44. The molecule has 0 radical (unpaired) electrons. The van der Waals surface area contributed by atoms with E-state index in [1.54, 1.807) is 18.6 Å². The third-order valence-corrected chi connectivity index (χ3v) is 5.06. The average Bonchev–Trinajstić information content (AvgIpc) is 3.19. The minimum atomic E-state index is 0.125. The fraction of sp³-hybridized carbons (Fsp3) is 0.190. The van der Waals surface area contributed by atoms with Crippen LogP contribution in [0.25, 0.3) is 11.5 Å². The molecule has 138 valence electrons. The summed E-state index contributed by atoms with van der Waals surface area (Å²) in [6.07, 6.45) is 8.83. The molecule has 7 nitrogen and oxygen atoms in total. The Morgan fingerprint density at radius 2 is 1.64 bits per heavy atom. The molecule has 0 spiro atoms. The van der Waals surface area contributed by atoms with E-state index in [0.717, 1.165) is 30.4 Å². The first-order valence-electron chi connectivity index (χ1n) is 9.27. The number of pyridine rings is 1. The zero-order valence-electron chi connectivity index (χ0n) is 15.3. The molecule has 4 heterocycles. The van der Waals surface area contributed by atoms with Gasteiger partial charge in [0.05, 0.1) is 18.8 Å². The Morgan fingerprint density at radius 3 is 2.43 bits per heavy atom. The van der Waals surface area contributed by atoms with Crippen LogP contribution in [0.4, 0.5) is 0 Å². The van der Waals surface area contributed by atoms with Crippen LogP contribution in [0.3, 0.4) is 0 Å². The Hall–Kier alpha value is -3.45. The third-order valence-electron chi connectivity index (χ3n) is 5.06. The standard InChI is InChI=1S/C21H19N7/c1-2-5-16(6-3-1)20(17-7-4-8-22-13-17)27-11-12-28-19(15-27)25-26-21(28)18-14-23-9-10-24-18/h1-10,13-14,20H,11-12,15H2. The number of rotatable bonds is 4. The van der Waals surface area contributed by atoms with E-state index in [1.807, 2.05) is 24.5 Å². The molecule has 0 saturated carbocycles. The first-order chi connectivity index (χ1) is 13.9. The lowest BCUT2D eigenvalue weighted by molar-refractivity contribution is 0.176. The van der Waals surface area contributed by atoms with Crippen LogP contribution in [0.5, 0.6) is 0 Å². The summed E-state index contributed by atoms with van der Waals surface area (Å²) < 4.78 is 2.14. The van der Waals surface area contributed by atoms with Crippen molar-refractivity contribution in [3.63, 3.8) is 0 Å². The molecular weight excluding hydrogens is 350 g/mol. The van der Waals surface area contributed by atoms with E-state index >= 15 is 0 Å². The van der Waals surface area contributed by atoms with Gasteiger partial charge >= 0.3 is 0 Å². The number of aromatic nitrogens is 6. The summed E-state index contributed by atoms with van der Waals surface area (Å²) in [5.41, 5.74) is 3.18. The van der Waals surface area contributed by atoms with E-state index in [2.05, 4.69) is 64.9 Å². The Labute approximate surface area is 162 Å². The van der Waals surface area contributed by atoms with Crippen molar-refractivity contribution in [2.24, 2.45) is 0 Å². The van der Waals surface area contributed by atoms with Crippen molar-refractivity contribution >= 4 is 0 Å². The van der Waals surface area contributed by atoms with E-state index in [9.17, 15) is 0 Å². The molecule has 7 heteroatoms. The summed E-state index contributed by atoms with van der Waals surface area (Å²) >= 11 is 0. The number of hydrogen-bond donors (Lipinski definition) is 0. The van der Waals surface area contributed by atoms with Gasteiger partial charge in [-0.1, -0.05) is 36.4 Å². The second-order valence-electron chi connectivity index (χ2n) is 6.75. The van der Waals surface area contributed by atoms with Crippen molar-refractivity contribution in [2.45, 2.75) is 19.1 Å². The molecule has 1 unspecified atom stereocenters. The highest BCUT2D eigenvalue weighted by molar-refractivity contribution is 5.47. The first-order valence-corrected chi connectivity index (χ1v) is 9.27. The van der Waals surface area contributed by atoms with Gasteiger partial charge in [-0.25, -0.2) is 4.98 Å². The van der Waals surface area contributed by atoms with Crippen molar-refractivity contribution in [1.29, 1.82) is 0 Å². The van der Waals surface area contributed by atoms with Gasteiger partial charge in [-0.05, 0) is 17.2 Å². The zero-order chi connectivity index (χ0) is 18.8. The van der Waals surface area contributed by atoms with Gasteiger partial charge in [0.2, 0.25) is 0 Å².